The summed E-state index contributed by atoms with van der Waals surface area (Å²) in [5, 5.41) is 5.31. The van der Waals surface area contributed by atoms with Crippen LogP contribution in [0.4, 0.5) is 0 Å². The van der Waals surface area contributed by atoms with Crippen LogP contribution in [0.5, 0.6) is 0 Å². The van der Waals surface area contributed by atoms with Crippen LogP contribution >= 0.6 is 11.8 Å². The van der Waals surface area contributed by atoms with Crippen molar-refractivity contribution < 1.29 is 19.2 Å². The Balaban J connectivity index is 1.72. The third-order valence-electron chi connectivity index (χ3n) is 5.21. The fourth-order valence-corrected chi connectivity index (χ4v) is 4.76. The van der Waals surface area contributed by atoms with Gasteiger partial charge in [-0.15, -0.1) is 11.8 Å². The van der Waals surface area contributed by atoms with Gasteiger partial charge in [-0.05, 0) is 19.3 Å². The number of rotatable bonds is 7. The molecule has 2 aliphatic heterocycles. The average molecular weight is 423 g/mol. The number of nitrogens with zero attached hydrogens (tertiary/aromatic N) is 2. The van der Waals surface area contributed by atoms with Crippen LogP contribution in [0.1, 0.15) is 31.9 Å². The number of imidazole rings is 1. The Labute approximate surface area is 172 Å². The summed E-state index contributed by atoms with van der Waals surface area (Å²) < 4.78 is 0. The zero-order valence-electron chi connectivity index (χ0n) is 16.2. The molecule has 5 N–H and O–H groups in total. The first-order chi connectivity index (χ1) is 13.9. The number of carbonyl (C=O) groups excluding carboxylic acids is 4. The van der Waals surface area contributed by atoms with Gasteiger partial charge < -0.3 is 26.3 Å². The highest BCUT2D eigenvalue weighted by molar-refractivity contribution is 8.00. The number of thioether (sulfide) groups is 1. The zero-order chi connectivity index (χ0) is 21.0. The van der Waals surface area contributed by atoms with Crippen molar-refractivity contribution in [2.24, 2.45) is 5.73 Å². The Bertz CT molecular complexity index is 770. The molecule has 10 nitrogen and oxygen atoms in total. The van der Waals surface area contributed by atoms with E-state index in [0.717, 1.165) is 0 Å². The fraction of sp³-hybridized carbons (Fsp3) is 0.611. The van der Waals surface area contributed by atoms with Crippen LogP contribution in [0.3, 0.4) is 0 Å². The number of aromatic nitrogens is 2. The summed E-state index contributed by atoms with van der Waals surface area (Å²) in [6.07, 6.45) is 5.18. The number of H-pyrrole nitrogens is 1. The molecule has 2 fully saturated rings. The minimum absolute atomic E-state index is 0.165. The number of hydrogen-bond acceptors (Lipinski definition) is 6. The first-order valence-electron chi connectivity index (χ1n) is 9.70. The number of nitrogens with one attached hydrogen (secondary N) is 3. The van der Waals surface area contributed by atoms with E-state index in [4.69, 9.17) is 5.73 Å². The van der Waals surface area contributed by atoms with Crippen LogP contribution in [-0.4, -0.2) is 74.2 Å². The minimum atomic E-state index is -0.906. The molecule has 0 spiro atoms. The van der Waals surface area contributed by atoms with E-state index in [9.17, 15) is 19.2 Å². The van der Waals surface area contributed by atoms with Crippen molar-refractivity contribution >= 4 is 35.4 Å². The number of nitrogens with two attached hydrogens (primary N) is 1. The first kappa shape index (κ1) is 21.2. The maximum absolute atomic E-state index is 13.1. The lowest BCUT2D eigenvalue weighted by molar-refractivity contribution is -0.141. The largest absolute Gasteiger partial charge is 0.368 e. The Morgan fingerprint density at radius 2 is 2.24 bits per heavy atom. The fourth-order valence-electron chi connectivity index (χ4n) is 3.65. The Kier molecular flexibility index (Phi) is 6.78. The van der Waals surface area contributed by atoms with Crippen molar-refractivity contribution in [2.75, 3.05) is 12.3 Å². The Hall–Kier alpha value is -2.56. The van der Waals surface area contributed by atoms with Gasteiger partial charge >= 0.3 is 0 Å². The lowest BCUT2D eigenvalue weighted by Gasteiger charge is -2.31. The van der Waals surface area contributed by atoms with Crippen LogP contribution in [0, 0.1) is 0 Å². The van der Waals surface area contributed by atoms with E-state index in [1.165, 1.54) is 23.0 Å². The predicted octanol–water partition coefficient (Wildman–Crippen LogP) is -1.08. The van der Waals surface area contributed by atoms with Crippen molar-refractivity contribution in [2.45, 2.75) is 56.0 Å². The molecule has 1 aromatic heterocycles. The summed E-state index contributed by atoms with van der Waals surface area (Å²) in [5.74, 6) is -1.09. The highest BCUT2D eigenvalue weighted by Crippen LogP contribution is 2.22. The first-order valence-corrected chi connectivity index (χ1v) is 10.7. The minimum Gasteiger partial charge on any atom is -0.368 e. The van der Waals surface area contributed by atoms with Gasteiger partial charge in [0.25, 0.3) is 0 Å². The van der Waals surface area contributed by atoms with Gasteiger partial charge in [0.15, 0.2) is 0 Å². The van der Waals surface area contributed by atoms with Gasteiger partial charge in [0.1, 0.15) is 18.1 Å². The Morgan fingerprint density at radius 1 is 1.45 bits per heavy atom. The van der Waals surface area contributed by atoms with Gasteiger partial charge in [-0.3, -0.25) is 19.2 Å². The summed E-state index contributed by atoms with van der Waals surface area (Å²) in [6.45, 7) is 2.33. The van der Waals surface area contributed by atoms with Crippen LogP contribution in [0.25, 0.3) is 0 Å². The van der Waals surface area contributed by atoms with E-state index >= 15 is 0 Å². The number of carbonyl (C=O) groups is 4. The molecule has 0 radical (unpaired) electrons. The third kappa shape index (κ3) is 4.89. The lowest BCUT2D eigenvalue weighted by Crippen LogP contribution is -2.59. The standard InChI is InChI=1S/C18H26N6O4S/c1-2-14-17(27)23-12(8-29-14)16(26)22-11(6-10-7-20-9-21-10)18(28)24-5-3-4-13(24)15(19)25/h7,9,11-14H,2-6,8H2,1H3,(H2,19,25)(H,20,21)(H,22,26)(H,23,27)/t11-,12?,13-,14?/m0/s1. The number of aromatic amines is 1. The van der Waals surface area contributed by atoms with Crippen molar-refractivity contribution in [1.29, 1.82) is 0 Å². The van der Waals surface area contributed by atoms with Crippen LogP contribution in [0.2, 0.25) is 0 Å². The summed E-state index contributed by atoms with van der Waals surface area (Å²) in [7, 11) is 0. The highest BCUT2D eigenvalue weighted by atomic mass is 32.2. The molecular weight excluding hydrogens is 396 g/mol. The Morgan fingerprint density at radius 3 is 2.86 bits per heavy atom. The zero-order valence-corrected chi connectivity index (χ0v) is 17.0. The molecule has 0 aromatic carbocycles. The van der Waals surface area contributed by atoms with Crippen molar-refractivity contribution in [3.8, 4) is 0 Å². The van der Waals surface area contributed by atoms with Gasteiger partial charge in [0.05, 0.1) is 17.3 Å². The molecule has 11 heteroatoms. The molecular formula is C18H26N6O4S. The van der Waals surface area contributed by atoms with E-state index in [0.29, 0.717) is 37.3 Å². The second-order valence-corrected chi connectivity index (χ2v) is 8.44. The summed E-state index contributed by atoms with van der Waals surface area (Å²) >= 11 is 1.43. The molecule has 3 heterocycles. The molecule has 158 valence electrons. The SMILES string of the molecule is CCC1SCC(C(=O)N[C@@H](Cc2c[nH]cn2)C(=O)N2CCC[C@H]2C(N)=O)NC1=O. The quantitative estimate of drug-likeness (QED) is 0.439. The number of hydrogen-bond donors (Lipinski definition) is 4. The topological polar surface area (TPSA) is 150 Å². The molecule has 29 heavy (non-hydrogen) atoms. The molecule has 4 atom stereocenters. The van der Waals surface area contributed by atoms with E-state index in [1.807, 2.05) is 6.92 Å². The normalized spacial score (nSPS) is 25.3. The maximum atomic E-state index is 13.1. The highest BCUT2D eigenvalue weighted by Gasteiger charge is 2.38. The second-order valence-electron chi connectivity index (χ2n) is 7.21. The van der Waals surface area contributed by atoms with E-state index in [1.54, 1.807) is 6.20 Å². The molecule has 1 aromatic rings. The van der Waals surface area contributed by atoms with Gasteiger partial charge in [-0.1, -0.05) is 6.92 Å². The van der Waals surface area contributed by atoms with Gasteiger partial charge in [-0.25, -0.2) is 4.98 Å². The van der Waals surface area contributed by atoms with Crippen LogP contribution in [-0.2, 0) is 25.6 Å². The summed E-state index contributed by atoms with van der Waals surface area (Å²) in [4.78, 5) is 58.1. The monoisotopic (exact) mass is 422 g/mol. The lowest BCUT2D eigenvalue weighted by atomic mass is 10.1. The molecule has 0 bridgehead atoms. The molecule has 2 unspecified atom stereocenters. The number of primary amides is 1. The molecule has 0 aliphatic carbocycles. The molecule has 3 rings (SSSR count). The summed E-state index contributed by atoms with van der Waals surface area (Å²) in [6, 6.07) is -2.29. The smallest absolute Gasteiger partial charge is 0.246 e. The second kappa shape index (κ2) is 9.29. The number of likely N-dealkylation sites (tertiary alicyclic amines) is 1. The summed E-state index contributed by atoms with van der Waals surface area (Å²) in [5.41, 5.74) is 6.04. The van der Waals surface area contributed by atoms with Crippen molar-refractivity contribution in [3.63, 3.8) is 0 Å². The van der Waals surface area contributed by atoms with E-state index in [-0.39, 0.29) is 23.5 Å². The number of amides is 4. The van der Waals surface area contributed by atoms with Crippen LogP contribution in [0.15, 0.2) is 12.5 Å². The molecule has 2 aliphatic rings. The average Bonchev–Trinajstić information content (AvgIpc) is 3.38. The van der Waals surface area contributed by atoms with E-state index in [2.05, 4.69) is 20.6 Å². The molecule has 2 saturated heterocycles. The van der Waals surface area contributed by atoms with Crippen molar-refractivity contribution in [3.05, 3.63) is 18.2 Å². The van der Waals surface area contributed by atoms with Gasteiger partial charge in [-0.2, -0.15) is 0 Å². The van der Waals surface area contributed by atoms with Gasteiger partial charge in [0, 0.05) is 24.9 Å². The van der Waals surface area contributed by atoms with Crippen molar-refractivity contribution in [1.82, 2.24) is 25.5 Å². The maximum Gasteiger partial charge on any atom is 0.246 e. The van der Waals surface area contributed by atoms with E-state index < -0.39 is 29.9 Å². The third-order valence-corrected chi connectivity index (χ3v) is 6.68. The van der Waals surface area contributed by atoms with Gasteiger partial charge in [0.2, 0.25) is 23.6 Å². The predicted molar refractivity (Wildman–Crippen MR) is 107 cm³/mol. The van der Waals surface area contributed by atoms with Crippen LogP contribution < -0.4 is 16.4 Å². The molecule has 0 saturated carbocycles. The molecule has 4 amide bonds.